The third-order valence-electron chi connectivity index (χ3n) is 5.16. The molecule has 0 bridgehead atoms. The number of amides is 1. The molecule has 0 spiro atoms. The summed E-state index contributed by atoms with van der Waals surface area (Å²) < 4.78 is 18.6. The number of guanidine groups is 1. The molecule has 0 radical (unpaired) electrons. The van der Waals surface area contributed by atoms with Crippen LogP contribution in [0.25, 0.3) is 0 Å². The maximum Gasteiger partial charge on any atom is 0.224 e. The molecular weight excluding hydrogens is 385 g/mol. The molecule has 7 nitrogen and oxygen atoms in total. The van der Waals surface area contributed by atoms with Crippen molar-refractivity contribution in [3.63, 3.8) is 0 Å². The molecule has 1 aliphatic heterocycles. The van der Waals surface area contributed by atoms with E-state index in [1.165, 1.54) is 25.0 Å². The van der Waals surface area contributed by atoms with E-state index in [-0.39, 0.29) is 24.2 Å². The maximum absolute atomic E-state index is 12.9. The molecule has 1 atom stereocenters. The second-order valence-electron chi connectivity index (χ2n) is 7.31. The van der Waals surface area contributed by atoms with Crippen molar-refractivity contribution in [2.75, 3.05) is 39.8 Å². The molecule has 1 aromatic carbocycles. The molecule has 2 aromatic rings. The van der Waals surface area contributed by atoms with Crippen LogP contribution in [-0.2, 0) is 11.2 Å². The predicted molar refractivity (Wildman–Crippen MR) is 115 cm³/mol. The van der Waals surface area contributed by atoms with Crippen LogP contribution < -0.4 is 16.0 Å². The van der Waals surface area contributed by atoms with Crippen LogP contribution in [0.5, 0.6) is 0 Å². The van der Waals surface area contributed by atoms with Gasteiger partial charge < -0.3 is 20.4 Å². The molecule has 1 saturated heterocycles. The van der Waals surface area contributed by atoms with Crippen molar-refractivity contribution in [1.82, 2.24) is 20.9 Å². The summed E-state index contributed by atoms with van der Waals surface area (Å²) >= 11 is 0. The van der Waals surface area contributed by atoms with Gasteiger partial charge in [-0.25, -0.2) is 4.39 Å². The predicted octanol–water partition coefficient (Wildman–Crippen LogP) is 2.08. The SMILES string of the molecule is CN=C(NCCNC(=O)Cc1ccc(F)cc1)NCC(c1ccco1)N1CCCC1. The second-order valence-corrected chi connectivity index (χ2v) is 7.31. The fraction of sp³-hybridized carbons (Fsp3) is 0.455. The molecule has 1 fully saturated rings. The number of hydrogen-bond donors (Lipinski definition) is 3. The summed E-state index contributed by atoms with van der Waals surface area (Å²) in [6.07, 6.45) is 4.36. The van der Waals surface area contributed by atoms with Crippen molar-refractivity contribution in [2.45, 2.75) is 25.3 Å². The Morgan fingerprint density at radius 2 is 1.87 bits per heavy atom. The van der Waals surface area contributed by atoms with E-state index >= 15 is 0 Å². The summed E-state index contributed by atoms with van der Waals surface area (Å²) in [5, 5.41) is 9.43. The summed E-state index contributed by atoms with van der Waals surface area (Å²) in [6.45, 7) is 3.83. The summed E-state index contributed by atoms with van der Waals surface area (Å²) in [5.74, 6) is 1.23. The normalized spacial score (nSPS) is 15.7. The number of nitrogens with zero attached hydrogens (tertiary/aromatic N) is 2. The zero-order chi connectivity index (χ0) is 21.2. The quantitative estimate of drug-likeness (QED) is 0.332. The number of likely N-dealkylation sites (tertiary alicyclic amines) is 1. The first-order valence-corrected chi connectivity index (χ1v) is 10.4. The summed E-state index contributed by atoms with van der Waals surface area (Å²) in [7, 11) is 1.72. The minimum Gasteiger partial charge on any atom is -0.468 e. The Bertz CT molecular complexity index is 801. The van der Waals surface area contributed by atoms with Gasteiger partial charge in [-0.15, -0.1) is 0 Å². The van der Waals surface area contributed by atoms with E-state index in [1.807, 2.05) is 12.1 Å². The molecule has 3 rings (SSSR count). The van der Waals surface area contributed by atoms with Crippen molar-refractivity contribution < 1.29 is 13.6 Å². The molecule has 1 aliphatic rings. The zero-order valence-electron chi connectivity index (χ0n) is 17.4. The van der Waals surface area contributed by atoms with E-state index < -0.39 is 0 Å². The van der Waals surface area contributed by atoms with Crippen LogP contribution in [0.3, 0.4) is 0 Å². The average molecular weight is 416 g/mol. The number of halogens is 1. The van der Waals surface area contributed by atoms with E-state index in [0.29, 0.717) is 25.6 Å². The van der Waals surface area contributed by atoms with Gasteiger partial charge in [0.25, 0.3) is 0 Å². The number of rotatable bonds is 9. The van der Waals surface area contributed by atoms with Gasteiger partial charge in [-0.05, 0) is 55.8 Å². The fourth-order valence-electron chi connectivity index (χ4n) is 3.59. The van der Waals surface area contributed by atoms with Crippen molar-refractivity contribution in [2.24, 2.45) is 4.99 Å². The van der Waals surface area contributed by atoms with Gasteiger partial charge in [-0.1, -0.05) is 12.1 Å². The lowest BCUT2D eigenvalue weighted by atomic mass is 10.1. The standard InChI is InChI=1S/C22H30FN5O2/c1-24-22(26-11-10-25-21(29)15-17-6-8-18(23)9-7-17)27-16-19(20-5-4-14-30-20)28-12-2-3-13-28/h4-9,14,19H,2-3,10-13,15-16H2,1H3,(H,25,29)(H2,24,26,27). The third kappa shape index (κ3) is 6.59. The minimum atomic E-state index is -0.304. The van der Waals surface area contributed by atoms with Gasteiger partial charge in [0.05, 0.1) is 18.7 Å². The first kappa shape index (κ1) is 21.8. The molecule has 1 amide bonds. The van der Waals surface area contributed by atoms with E-state index in [1.54, 1.807) is 25.4 Å². The van der Waals surface area contributed by atoms with Gasteiger partial charge in [0.15, 0.2) is 5.96 Å². The van der Waals surface area contributed by atoms with Gasteiger partial charge in [0, 0.05) is 26.7 Å². The number of aliphatic imine (C=N–C) groups is 1. The van der Waals surface area contributed by atoms with Gasteiger partial charge in [0.2, 0.25) is 5.91 Å². The topological polar surface area (TPSA) is 81.9 Å². The highest BCUT2D eigenvalue weighted by Gasteiger charge is 2.25. The number of nitrogens with one attached hydrogen (secondary N) is 3. The Morgan fingerprint density at radius 1 is 1.13 bits per heavy atom. The minimum absolute atomic E-state index is 0.0988. The van der Waals surface area contributed by atoms with Crippen molar-refractivity contribution in [1.29, 1.82) is 0 Å². The van der Waals surface area contributed by atoms with Crippen LogP contribution in [-0.4, -0.2) is 56.5 Å². The van der Waals surface area contributed by atoms with Crippen LogP contribution in [0.4, 0.5) is 4.39 Å². The molecule has 1 aromatic heterocycles. The Balaban J connectivity index is 1.38. The summed E-state index contributed by atoms with van der Waals surface area (Å²) in [6, 6.07) is 10.0. The number of hydrogen-bond acceptors (Lipinski definition) is 4. The Hall–Kier alpha value is -2.87. The van der Waals surface area contributed by atoms with Gasteiger partial charge >= 0.3 is 0 Å². The molecule has 3 N–H and O–H groups in total. The summed E-state index contributed by atoms with van der Waals surface area (Å²) in [5.41, 5.74) is 0.783. The highest BCUT2D eigenvalue weighted by Crippen LogP contribution is 2.24. The Labute approximate surface area is 176 Å². The molecule has 2 heterocycles. The van der Waals surface area contributed by atoms with Gasteiger partial charge in [0.1, 0.15) is 11.6 Å². The highest BCUT2D eigenvalue weighted by molar-refractivity contribution is 5.80. The molecule has 0 aliphatic carbocycles. The Morgan fingerprint density at radius 3 is 2.53 bits per heavy atom. The lowest BCUT2D eigenvalue weighted by Crippen LogP contribution is -2.44. The van der Waals surface area contributed by atoms with E-state index in [2.05, 4.69) is 25.8 Å². The Kier molecular flexibility index (Phi) is 8.26. The smallest absolute Gasteiger partial charge is 0.224 e. The first-order valence-electron chi connectivity index (χ1n) is 10.4. The van der Waals surface area contributed by atoms with Crippen molar-refractivity contribution in [3.05, 3.63) is 59.8 Å². The third-order valence-corrected chi connectivity index (χ3v) is 5.16. The lowest BCUT2D eigenvalue weighted by molar-refractivity contribution is -0.120. The van der Waals surface area contributed by atoms with Crippen molar-refractivity contribution >= 4 is 11.9 Å². The first-order chi connectivity index (χ1) is 14.7. The van der Waals surface area contributed by atoms with E-state index in [9.17, 15) is 9.18 Å². The van der Waals surface area contributed by atoms with E-state index in [4.69, 9.17) is 4.42 Å². The number of carbonyl (C=O) groups is 1. The largest absolute Gasteiger partial charge is 0.468 e. The van der Waals surface area contributed by atoms with Gasteiger partial charge in [-0.2, -0.15) is 0 Å². The van der Waals surface area contributed by atoms with Crippen LogP contribution in [0.2, 0.25) is 0 Å². The number of benzene rings is 1. The van der Waals surface area contributed by atoms with Crippen molar-refractivity contribution in [3.8, 4) is 0 Å². The number of carbonyl (C=O) groups excluding carboxylic acids is 1. The molecule has 162 valence electrons. The molecule has 0 saturated carbocycles. The monoisotopic (exact) mass is 415 g/mol. The number of furan rings is 1. The van der Waals surface area contributed by atoms with Crippen LogP contribution >= 0.6 is 0 Å². The van der Waals surface area contributed by atoms with Crippen LogP contribution in [0.15, 0.2) is 52.1 Å². The molecule has 8 heteroatoms. The van der Waals surface area contributed by atoms with Crippen LogP contribution in [0, 0.1) is 5.82 Å². The van der Waals surface area contributed by atoms with Crippen LogP contribution in [0.1, 0.15) is 30.2 Å². The molecule has 1 unspecified atom stereocenters. The molecular formula is C22H30FN5O2. The molecule has 30 heavy (non-hydrogen) atoms. The maximum atomic E-state index is 12.9. The second kappa shape index (κ2) is 11.3. The summed E-state index contributed by atoms with van der Waals surface area (Å²) in [4.78, 5) is 18.7. The van der Waals surface area contributed by atoms with E-state index in [0.717, 1.165) is 24.4 Å². The van der Waals surface area contributed by atoms with Gasteiger partial charge in [-0.3, -0.25) is 14.7 Å². The highest BCUT2D eigenvalue weighted by atomic mass is 19.1. The zero-order valence-corrected chi connectivity index (χ0v) is 17.4. The lowest BCUT2D eigenvalue weighted by Gasteiger charge is -2.26. The average Bonchev–Trinajstić information content (AvgIpc) is 3.46. The fourth-order valence-corrected chi connectivity index (χ4v) is 3.59.